The lowest BCUT2D eigenvalue weighted by Gasteiger charge is -2.34. The quantitative estimate of drug-likeness (QED) is 0.260. The lowest BCUT2D eigenvalue weighted by atomic mass is 9.97. The molecule has 3 aromatic carbocycles. The van der Waals surface area contributed by atoms with Crippen molar-refractivity contribution in [1.82, 2.24) is 14.9 Å². The number of aromatic nitrogens is 2. The van der Waals surface area contributed by atoms with E-state index in [1.54, 1.807) is 18.3 Å². The van der Waals surface area contributed by atoms with Crippen LogP contribution in [0.2, 0.25) is 0 Å². The van der Waals surface area contributed by atoms with Gasteiger partial charge < -0.3 is 14.8 Å². The molecule has 2 aromatic heterocycles. The van der Waals surface area contributed by atoms with Crippen molar-refractivity contribution in [2.75, 3.05) is 38.1 Å². The molecule has 0 radical (unpaired) electrons. The summed E-state index contributed by atoms with van der Waals surface area (Å²) in [6.45, 7) is 6.01. The molecule has 1 fully saturated rings. The molecule has 0 aliphatic carbocycles. The number of rotatable bonds is 4. The molecule has 4 nitrogen and oxygen atoms in total. The van der Waals surface area contributed by atoms with Crippen molar-refractivity contribution < 1.29 is 13.2 Å². The molecule has 39 heavy (non-hydrogen) atoms. The number of pyridine rings is 1. The Kier molecular flexibility index (Phi) is 6.39. The molecule has 1 aliphatic heterocycles. The molecule has 0 atom stereocenters. The zero-order valence-corrected chi connectivity index (χ0v) is 21.9. The third-order valence-electron chi connectivity index (χ3n) is 7.63. The number of anilines is 1. The summed E-state index contributed by atoms with van der Waals surface area (Å²) in [5.41, 5.74) is 6.16. The molecule has 1 aliphatic rings. The largest absolute Gasteiger partial charge is 0.416 e. The van der Waals surface area contributed by atoms with E-state index < -0.39 is 11.7 Å². The zero-order chi connectivity index (χ0) is 27.1. The molecule has 1 saturated heterocycles. The minimum absolute atomic E-state index is 0.147. The number of H-pyrrole nitrogens is 1. The van der Waals surface area contributed by atoms with Gasteiger partial charge in [-0.15, -0.1) is 0 Å². The van der Waals surface area contributed by atoms with Crippen LogP contribution < -0.4 is 4.90 Å². The highest BCUT2D eigenvalue weighted by molar-refractivity contribution is 6.12. The molecule has 7 heteroatoms. The maximum atomic E-state index is 13.6. The van der Waals surface area contributed by atoms with E-state index in [-0.39, 0.29) is 5.56 Å². The van der Waals surface area contributed by atoms with Crippen molar-refractivity contribution in [2.24, 2.45) is 0 Å². The van der Waals surface area contributed by atoms with Gasteiger partial charge in [0.1, 0.15) is 5.65 Å². The normalized spacial score (nSPS) is 15.4. The van der Waals surface area contributed by atoms with Gasteiger partial charge in [-0.1, -0.05) is 42.5 Å². The minimum atomic E-state index is -4.42. The Morgan fingerprint density at radius 3 is 2.36 bits per heavy atom. The van der Waals surface area contributed by atoms with Crippen LogP contribution in [0.4, 0.5) is 18.9 Å². The van der Waals surface area contributed by atoms with Crippen molar-refractivity contribution in [1.29, 1.82) is 0 Å². The Morgan fingerprint density at radius 1 is 0.897 bits per heavy atom. The molecule has 0 unspecified atom stereocenters. The Morgan fingerprint density at radius 2 is 1.62 bits per heavy atom. The lowest BCUT2D eigenvalue weighted by Crippen LogP contribution is -2.44. The Balaban J connectivity index is 1.39. The van der Waals surface area contributed by atoms with Gasteiger partial charge in [0.05, 0.1) is 5.56 Å². The molecular formula is C32H29F3N4. The first-order chi connectivity index (χ1) is 18.8. The molecule has 0 spiro atoms. The number of likely N-dealkylation sites (N-methyl/N-ethyl adjacent to an activating group) is 1. The highest BCUT2D eigenvalue weighted by atomic mass is 19.4. The predicted molar refractivity (Wildman–Crippen MR) is 154 cm³/mol. The second-order valence-electron chi connectivity index (χ2n) is 10.2. The summed E-state index contributed by atoms with van der Waals surface area (Å²) >= 11 is 0. The predicted octanol–water partition coefficient (Wildman–Crippen LogP) is 7.71. The number of alkyl halides is 3. The third kappa shape index (κ3) is 4.90. The van der Waals surface area contributed by atoms with E-state index in [0.717, 1.165) is 70.8 Å². The number of allylic oxidation sites excluding steroid dienone is 1. The second kappa shape index (κ2) is 9.89. The summed E-state index contributed by atoms with van der Waals surface area (Å²) in [6.07, 6.45) is -1.12. The maximum absolute atomic E-state index is 13.6. The summed E-state index contributed by atoms with van der Waals surface area (Å²) in [4.78, 5) is 12.7. The first kappa shape index (κ1) is 25.2. The van der Waals surface area contributed by atoms with E-state index >= 15 is 0 Å². The molecule has 3 heterocycles. The number of hydrogen-bond acceptors (Lipinski definition) is 3. The topological polar surface area (TPSA) is 35.2 Å². The van der Waals surface area contributed by atoms with Crippen molar-refractivity contribution in [3.63, 3.8) is 0 Å². The van der Waals surface area contributed by atoms with Crippen LogP contribution in [0.25, 0.3) is 44.7 Å². The molecule has 0 bridgehead atoms. The third-order valence-corrected chi connectivity index (χ3v) is 7.63. The van der Waals surface area contributed by atoms with Crippen LogP contribution in [-0.2, 0) is 6.18 Å². The van der Waals surface area contributed by atoms with Crippen molar-refractivity contribution >= 4 is 39.3 Å². The van der Waals surface area contributed by atoms with Crippen LogP contribution in [0.5, 0.6) is 0 Å². The average Bonchev–Trinajstić information content (AvgIpc) is 3.31. The molecule has 0 amide bonds. The van der Waals surface area contributed by atoms with Crippen LogP contribution in [-0.4, -0.2) is 48.1 Å². The number of piperazine rings is 1. The Bertz CT molecular complexity index is 1670. The number of nitrogens with one attached hydrogen (secondary N) is 1. The first-order valence-corrected chi connectivity index (χ1v) is 13.1. The van der Waals surface area contributed by atoms with Gasteiger partial charge in [0.2, 0.25) is 0 Å². The van der Waals surface area contributed by atoms with Crippen LogP contribution in [0.15, 0.2) is 79.0 Å². The van der Waals surface area contributed by atoms with E-state index in [4.69, 9.17) is 0 Å². The van der Waals surface area contributed by atoms with E-state index in [9.17, 15) is 13.2 Å². The number of aromatic amines is 1. The molecule has 1 N–H and O–H groups in total. The van der Waals surface area contributed by atoms with Gasteiger partial charge in [-0.05, 0) is 78.2 Å². The summed E-state index contributed by atoms with van der Waals surface area (Å²) in [5, 5.41) is 1.90. The van der Waals surface area contributed by atoms with E-state index in [0.29, 0.717) is 5.65 Å². The summed E-state index contributed by atoms with van der Waals surface area (Å²) in [5.74, 6) is 0. The van der Waals surface area contributed by atoms with Gasteiger partial charge in [-0.25, -0.2) is 4.98 Å². The fourth-order valence-electron chi connectivity index (χ4n) is 5.45. The standard InChI is InChI=1S/C32H29F3N4/c1-21(19-24-5-3-4-6-28(24)32(33,34)35)26-13-14-36-31-30(26)27-20-23(9-12-29(27)37-31)22-7-10-25(11-8-22)39-17-15-38(2)16-18-39/h3-14,19-20H,15-18H2,1-2H3,(H,36,37)/b21-19-. The number of fused-ring (bicyclic) bond motifs is 3. The molecular weight excluding hydrogens is 497 g/mol. The molecule has 198 valence electrons. The molecule has 5 aromatic rings. The van der Waals surface area contributed by atoms with Crippen LogP contribution in [0.1, 0.15) is 23.6 Å². The van der Waals surface area contributed by atoms with Gasteiger partial charge in [-0.3, -0.25) is 0 Å². The van der Waals surface area contributed by atoms with Crippen molar-refractivity contribution in [3.05, 3.63) is 95.7 Å². The smallest absolute Gasteiger partial charge is 0.369 e. The number of benzene rings is 3. The van der Waals surface area contributed by atoms with E-state index in [2.05, 4.69) is 63.2 Å². The van der Waals surface area contributed by atoms with Crippen molar-refractivity contribution in [3.8, 4) is 11.1 Å². The van der Waals surface area contributed by atoms with Crippen LogP contribution >= 0.6 is 0 Å². The van der Waals surface area contributed by atoms with Crippen molar-refractivity contribution in [2.45, 2.75) is 13.1 Å². The zero-order valence-electron chi connectivity index (χ0n) is 21.9. The summed E-state index contributed by atoms with van der Waals surface area (Å²) in [7, 11) is 2.15. The lowest BCUT2D eigenvalue weighted by molar-refractivity contribution is -0.137. The van der Waals surface area contributed by atoms with Gasteiger partial charge in [0, 0.05) is 54.4 Å². The van der Waals surface area contributed by atoms with Gasteiger partial charge in [0.25, 0.3) is 0 Å². The number of halogens is 3. The monoisotopic (exact) mass is 526 g/mol. The fraction of sp³-hybridized carbons (Fsp3) is 0.219. The molecule has 0 saturated carbocycles. The number of nitrogens with zero attached hydrogens (tertiary/aromatic N) is 3. The average molecular weight is 527 g/mol. The highest BCUT2D eigenvalue weighted by Gasteiger charge is 2.32. The highest BCUT2D eigenvalue weighted by Crippen LogP contribution is 2.37. The Labute approximate surface area is 225 Å². The Hall–Kier alpha value is -4.10. The first-order valence-electron chi connectivity index (χ1n) is 13.1. The fourth-order valence-corrected chi connectivity index (χ4v) is 5.45. The van der Waals surface area contributed by atoms with E-state index in [1.165, 1.54) is 17.8 Å². The van der Waals surface area contributed by atoms with Gasteiger partial charge in [0.15, 0.2) is 0 Å². The second-order valence-corrected chi connectivity index (χ2v) is 10.2. The summed E-state index contributed by atoms with van der Waals surface area (Å²) < 4.78 is 40.8. The van der Waals surface area contributed by atoms with Gasteiger partial charge in [-0.2, -0.15) is 13.2 Å². The summed E-state index contributed by atoms with van der Waals surface area (Å²) in [6, 6.07) is 22.5. The SMILES string of the molecule is C/C(=C/c1ccccc1C(F)(F)F)c1ccnc2[nH]c3ccc(-c4ccc(N5CCN(C)CC5)cc4)cc3c12. The maximum Gasteiger partial charge on any atom is 0.416 e. The molecule has 6 rings (SSSR count). The number of hydrogen-bond donors (Lipinski definition) is 1. The van der Waals surface area contributed by atoms with Gasteiger partial charge >= 0.3 is 6.18 Å². The van der Waals surface area contributed by atoms with E-state index in [1.807, 2.05) is 19.1 Å². The van der Waals surface area contributed by atoms with Crippen LogP contribution in [0.3, 0.4) is 0 Å². The minimum Gasteiger partial charge on any atom is -0.369 e. The van der Waals surface area contributed by atoms with Crippen LogP contribution in [0, 0.1) is 0 Å².